The second kappa shape index (κ2) is 7.04. The molecule has 1 fully saturated rings. The van der Waals surface area contributed by atoms with Gasteiger partial charge >= 0.3 is 0 Å². The second-order valence-electron chi connectivity index (χ2n) is 8.82. The number of piperidine rings is 1. The van der Waals surface area contributed by atoms with Gasteiger partial charge in [-0.2, -0.15) is 10.1 Å². The minimum Gasteiger partial charge on any atom is -0.298 e. The molecule has 0 radical (unpaired) electrons. The van der Waals surface area contributed by atoms with Crippen molar-refractivity contribution in [3.63, 3.8) is 0 Å². The summed E-state index contributed by atoms with van der Waals surface area (Å²) < 4.78 is 1.92. The van der Waals surface area contributed by atoms with Gasteiger partial charge in [0.15, 0.2) is 0 Å². The number of hydrogen-bond donors (Lipinski definition) is 0. The van der Waals surface area contributed by atoms with Crippen molar-refractivity contribution in [2.75, 3.05) is 13.1 Å². The zero-order valence-corrected chi connectivity index (χ0v) is 16.8. The van der Waals surface area contributed by atoms with Gasteiger partial charge in [0.2, 0.25) is 0 Å². The summed E-state index contributed by atoms with van der Waals surface area (Å²) in [5.41, 5.74) is 5.24. The van der Waals surface area contributed by atoms with Gasteiger partial charge in [0, 0.05) is 24.7 Å². The molecule has 0 bridgehead atoms. The lowest BCUT2D eigenvalue weighted by molar-refractivity contribution is 0.197. The van der Waals surface area contributed by atoms with Crippen LogP contribution in [0.2, 0.25) is 0 Å². The Labute approximate surface area is 161 Å². The van der Waals surface area contributed by atoms with Gasteiger partial charge in [-0.3, -0.25) is 4.90 Å². The van der Waals surface area contributed by atoms with Gasteiger partial charge in [-0.1, -0.05) is 45.0 Å². The summed E-state index contributed by atoms with van der Waals surface area (Å²) >= 11 is 0. The van der Waals surface area contributed by atoms with Crippen LogP contribution in [0.5, 0.6) is 0 Å². The molecular formula is C22H29N5. The van der Waals surface area contributed by atoms with E-state index >= 15 is 0 Å². The van der Waals surface area contributed by atoms with Crippen LogP contribution in [0.1, 0.15) is 62.0 Å². The maximum absolute atomic E-state index is 4.48. The Hall–Kier alpha value is -2.27. The second-order valence-corrected chi connectivity index (χ2v) is 8.82. The first-order valence-electron chi connectivity index (χ1n) is 9.89. The van der Waals surface area contributed by atoms with E-state index in [1.54, 1.807) is 6.33 Å². The largest absolute Gasteiger partial charge is 0.298 e. The fourth-order valence-corrected chi connectivity index (χ4v) is 4.06. The van der Waals surface area contributed by atoms with E-state index in [-0.39, 0.29) is 5.41 Å². The minimum atomic E-state index is 0.205. The lowest BCUT2D eigenvalue weighted by Crippen LogP contribution is -2.34. The maximum atomic E-state index is 4.48. The van der Waals surface area contributed by atoms with Gasteiger partial charge < -0.3 is 0 Å². The van der Waals surface area contributed by atoms with Crippen LogP contribution in [0, 0.1) is 6.92 Å². The number of benzene rings is 1. The van der Waals surface area contributed by atoms with E-state index in [2.05, 4.69) is 71.1 Å². The Bertz CT molecular complexity index is 920. The summed E-state index contributed by atoms with van der Waals surface area (Å²) in [5.74, 6) is 1.18. The molecule has 1 aliphatic rings. The topological polar surface area (TPSA) is 46.3 Å². The fraction of sp³-hybridized carbons (Fsp3) is 0.500. The van der Waals surface area contributed by atoms with Crippen molar-refractivity contribution < 1.29 is 0 Å². The normalized spacial score (nSPS) is 18.9. The van der Waals surface area contributed by atoms with Crippen molar-refractivity contribution in [2.45, 2.75) is 58.4 Å². The van der Waals surface area contributed by atoms with Gasteiger partial charge in [-0.05, 0) is 48.9 Å². The van der Waals surface area contributed by atoms with Crippen LogP contribution in [0.3, 0.4) is 0 Å². The minimum absolute atomic E-state index is 0.205. The predicted octanol–water partition coefficient (Wildman–Crippen LogP) is 4.11. The van der Waals surface area contributed by atoms with E-state index in [4.69, 9.17) is 0 Å². The molecule has 2 aromatic heterocycles. The third-order valence-electron chi connectivity index (χ3n) is 5.56. The maximum Gasteiger partial charge on any atom is 0.252 e. The first kappa shape index (κ1) is 18.1. The molecular weight excluding hydrogens is 334 g/mol. The Kier molecular flexibility index (Phi) is 4.72. The molecule has 3 heterocycles. The first-order valence-corrected chi connectivity index (χ1v) is 9.89. The van der Waals surface area contributed by atoms with Crippen molar-refractivity contribution in [3.05, 3.63) is 59.2 Å². The number of nitrogens with zero attached hydrogens (tertiary/aromatic N) is 5. The molecule has 0 amide bonds. The van der Waals surface area contributed by atoms with Gasteiger partial charge in [-0.25, -0.2) is 9.50 Å². The molecule has 27 heavy (non-hydrogen) atoms. The molecule has 4 rings (SSSR count). The molecule has 5 nitrogen and oxygen atoms in total. The van der Waals surface area contributed by atoms with Crippen molar-refractivity contribution in [2.24, 2.45) is 0 Å². The van der Waals surface area contributed by atoms with E-state index in [0.29, 0.717) is 11.7 Å². The van der Waals surface area contributed by atoms with Gasteiger partial charge in [0.25, 0.3) is 5.78 Å². The molecule has 0 aliphatic carbocycles. The van der Waals surface area contributed by atoms with Crippen molar-refractivity contribution >= 4 is 5.78 Å². The van der Waals surface area contributed by atoms with Crippen molar-refractivity contribution in [1.29, 1.82) is 0 Å². The van der Waals surface area contributed by atoms with Crippen LogP contribution >= 0.6 is 0 Å². The summed E-state index contributed by atoms with van der Waals surface area (Å²) in [7, 11) is 0. The molecule has 5 heteroatoms. The van der Waals surface area contributed by atoms with E-state index in [0.717, 1.165) is 25.3 Å². The van der Waals surface area contributed by atoms with Crippen molar-refractivity contribution in [1.82, 2.24) is 24.5 Å². The predicted molar refractivity (Wildman–Crippen MR) is 108 cm³/mol. The Balaban J connectivity index is 1.50. The average Bonchev–Trinajstić information content (AvgIpc) is 3.09. The van der Waals surface area contributed by atoms with Crippen LogP contribution in [0.25, 0.3) is 5.78 Å². The highest BCUT2D eigenvalue weighted by atomic mass is 15.3. The smallest absolute Gasteiger partial charge is 0.252 e. The lowest BCUT2D eigenvalue weighted by Gasteiger charge is -2.33. The highest BCUT2D eigenvalue weighted by Crippen LogP contribution is 2.28. The third kappa shape index (κ3) is 3.88. The van der Waals surface area contributed by atoms with Gasteiger partial charge in [-0.15, -0.1) is 0 Å². The zero-order valence-electron chi connectivity index (χ0n) is 16.8. The molecule has 1 saturated heterocycles. The van der Waals surface area contributed by atoms with E-state index in [1.165, 1.54) is 29.7 Å². The van der Waals surface area contributed by atoms with Crippen LogP contribution in [-0.2, 0) is 12.0 Å². The number of aromatic nitrogens is 4. The summed E-state index contributed by atoms with van der Waals surface area (Å²) in [5, 5.41) is 4.40. The zero-order chi connectivity index (χ0) is 19.0. The molecule has 3 aromatic rings. The molecule has 0 saturated carbocycles. The Morgan fingerprint density at radius 2 is 1.93 bits per heavy atom. The molecule has 1 unspecified atom stereocenters. The van der Waals surface area contributed by atoms with Crippen LogP contribution in [0.15, 0.2) is 36.7 Å². The molecule has 0 spiro atoms. The van der Waals surface area contributed by atoms with Crippen LogP contribution in [-0.4, -0.2) is 37.6 Å². The molecule has 142 valence electrons. The van der Waals surface area contributed by atoms with E-state index < -0.39 is 0 Å². The quantitative estimate of drug-likeness (QED) is 0.702. The number of likely N-dealkylation sites (tertiary alicyclic amines) is 1. The molecule has 1 aliphatic heterocycles. The summed E-state index contributed by atoms with van der Waals surface area (Å²) in [6.07, 6.45) is 4.00. The fourth-order valence-electron chi connectivity index (χ4n) is 4.06. The monoisotopic (exact) mass is 363 g/mol. The van der Waals surface area contributed by atoms with Crippen LogP contribution in [0.4, 0.5) is 0 Å². The SMILES string of the molecule is Cc1cc(C2CCCN(Cc3ccc(C(C)(C)C)cc3)C2)n2ncnc2n1. The number of hydrogen-bond acceptors (Lipinski definition) is 4. The summed E-state index contributed by atoms with van der Waals surface area (Å²) in [6, 6.07) is 11.3. The number of rotatable bonds is 3. The van der Waals surface area contributed by atoms with E-state index in [9.17, 15) is 0 Å². The van der Waals surface area contributed by atoms with E-state index in [1.807, 2.05) is 11.4 Å². The average molecular weight is 364 g/mol. The Morgan fingerprint density at radius 1 is 1.15 bits per heavy atom. The molecule has 1 aromatic carbocycles. The highest BCUT2D eigenvalue weighted by molar-refractivity contribution is 5.32. The molecule has 0 N–H and O–H groups in total. The number of aryl methyl sites for hydroxylation is 1. The first-order chi connectivity index (χ1) is 12.9. The van der Waals surface area contributed by atoms with Gasteiger partial charge in [0.05, 0.1) is 5.69 Å². The summed E-state index contributed by atoms with van der Waals surface area (Å²) in [4.78, 5) is 11.3. The van der Waals surface area contributed by atoms with Crippen LogP contribution < -0.4 is 0 Å². The Morgan fingerprint density at radius 3 is 2.67 bits per heavy atom. The summed E-state index contributed by atoms with van der Waals surface area (Å²) in [6.45, 7) is 12.0. The number of fused-ring (bicyclic) bond motifs is 1. The molecule has 1 atom stereocenters. The van der Waals surface area contributed by atoms with Crippen molar-refractivity contribution in [3.8, 4) is 0 Å². The standard InChI is InChI=1S/C22H29N5/c1-16-12-20(27-21(25-16)23-15-24-27)18-6-5-11-26(14-18)13-17-7-9-19(10-8-17)22(2,3)4/h7-10,12,15,18H,5-6,11,13-14H2,1-4H3. The van der Waals surface area contributed by atoms with Gasteiger partial charge in [0.1, 0.15) is 6.33 Å². The third-order valence-corrected chi connectivity index (χ3v) is 5.56. The highest BCUT2D eigenvalue weighted by Gasteiger charge is 2.24. The lowest BCUT2D eigenvalue weighted by atomic mass is 9.86.